The smallest absolute Gasteiger partial charge is 0.251 e. The Morgan fingerprint density at radius 3 is 2.33 bits per heavy atom. The van der Waals surface area contributed by atoms with Crippen LogP contribution < -0.4 is 10.6 Å². The van der Waals surface area contributed by atoms with E-state index in [0.29, 0.717) is 17.8 Å². The van der Waals surface area contributed by atoms with E-state index in [1.165, 1.54) is 0 Å². The van der Waals surface area contributed by atoms with Crippen molar-refractivity contribution < 1.29 is 14.7 Å². The minimum Gasteiger partial charge on any atom is -0.392 e. The van der Waals surface area contributed by atoms with E-state index in [1.54, 1.807) is 24.3 Å². The summed E-state index contributed by atoms with van der Waals surface area (Å²) in [5, 5.41) is 14.6. The lowest BCUT2D eigenvalue weighted by molar-refractivity contribution is -0.118. The van der Waals surface area contributed by atoms with Gasteiger partial charge in [-0.25, -0.2) is 0 Å². The molecule has 2 aromatic rings. The van der Waals surface area contributed by atoms with E-state index in [2.05, 4.69) is 10.6 Å². The quantitative estimate of drug-likeness (QED) is 0.764. The fourth-order valence-corrected chi connectivity index (χ4v) is 2.07. The van der Waals surface area contributed by atoms with E-state index < -0.39 is 0 Å². The summed E-state index contributed by atoms with van der Waals surface area (Å²) in [6.45, 7) is 4.02. The molecule has 0 bridgehead atoms. The molecule has 5 nitrogen and oxygen atoms in total. The van der Waals surface area contributed by atoms with Gasteiger partial charge in [0.1, 0.15) is 0 Å². The van der Waals surface area contributed by atoms with E-state index in [0.717, 1.165) is 11.1 Å². The number of hydrogen-bond donors (Lipinski definition) is 3. The third-order valence-corrected chi connectivity index (χ3v) is 3.58. The second kappa shape index (κ2) is 8.26. The van der Waals surface area contributed by atoms with Gasteiger partial charge in [-0.15, -0.1) is 0 Å². The maximum absolute atomic E-state index is 12.2. The van der Waals surface area contributed by atoms with Gasteiger partial charge in [0.05, 0.1) is 6.61 Å². The minimum atomic E-state index is -0.207. The summed E-state index contributed by atoms with van der Waals surface area (Å²) in [7, 11) is 0. The summed E-state index contributed by atoms with van der Waals surface area (Å²) in [5.41, 5.74) is 2.88. The minimum absolute atomic E-state index is 0.00152. The van der Waals surface area contributed by atoms with Gasteiger partial charge in [0.2, 0.25) is 5.91 Å². The van der Waals surface area contributed by atoms with Crippen molar-refractivity contribution in [3.05, 3.63) is 65.2 Å². The lowest BCUT2D eigenvalue weighted by Crippen LogP contribution is -2.23. The van der Waals surface area contributed by atoms with Crippen molar-refractivity contribution in [2.45, 2.75) is 27.0 Å². The molecule has 5 heteroatoms. The third-order valence-electron chi connectivity index (χ3n) is 3.58. The highest BCUT2D eigenvalue weighted by Crippen LogP contribution is 2.12. The molecule has 0 aliphatic rings. The standard InChI is InChI=1S/C19H22N2O3/c1-13(2)18(23)21-17-5-3-4-16(10-17)19(24)20-11-14-6-8-15(12-22)9-7-14/h3-10,13,22H,11-12H2,1-2H3,(H,20,24)(H,21,23). The second-order valence-electron chi connectivity index (χ2n) is 5.88. The molecule has 24 heavy (non-hydrogen) atoms. The molecule has 2 rings (SSSR count). The zero-order valence-electron chi connectivity index (χ0n) is 13.9. The summed E-state index contributed by atoms with van der Waals surface area (Å²) in [4.78, 5) is 24.0. The molecular weight excluding hydrogens is 304 g/mol. The first-order valence-electron chi connectivity index (χ1n) is 7.87. The Morgan fingerprint density at radius 1 is 1.04 bits per heavy atom. The molecule has 0 heterocycles. The lowest BCUT2D eigenvalue weighted by atomic mass is 10.1. The van der Waals surface area contributed by atoms with Gasteiger partial charge in [-0.2, -0.15) is 0 Å². The molecule has 0 aliphatic heterocycles. The van der Waals surface area contributed by atoms with Gasteiger partial charge in [-0.1, -0.05) is 44.2 Å². The number of benzene rings is 2. The van der Waals surface area contributed by atoms with E-state index in [-0.39, 0.29) is 24.3 Å². The molecule has 3 N–H and O–H groups in total. The van der Waals surface area contributed by atoms with Crippen LogP contribution in [0.4, 0.5) is 5.69 Å². The molecule has 0 aromatic heterocycles. The summed E-state index contributed by atoms with van der Waals surface area (Å²) in [6, 6.07) is 14.2. The number of carbonyl (C=O) groups is 2. The molecule has 126 valence electrons. The van der Waals surface area contributed by atoms with Crippen LogP contribution in [0, 0.1) is 5.92 Å². The average Bonchev–Trinajstić information content (AvgIpc) is 2.60. The van der Waals surface area contributed by atoms with Crippen LogP contribution in [0.25, 0.3) is 0 Å². The summed E-state index contributed by atoms with van der Waals surface area (Å²) >= 11 is 0. The highest BCUT2D eigenvalue weighted by Gasteiger charge is 2.10. The zero-order valence-corrected chi connectivity index (χ0v) is 13.9. The second-order valence-corrected chi connectivity index (χ2v) is 5.88. The SMILES string of the molecule is CC(C)C(=O)Nc1cccc(C(=O)NCc2ccc(CO)cc2)c1. The lowest BCUT2D eigenvalue weighted by Gasteiger charge is -2.10. The summed E-state index contributed by atoms with van der Waals surface area (Å²) in [5.74, 6) is -0.414. The van der Waals surface area contributed by atoms with Crippen molar-refractivity contribution in [1.82, 2.24) is 5.32 Å². The van der Waals surface area contributed by atoms with Gasteiger partial charge in [0.25, 0.3) is 5.91 Å². The average molecular weight is 326 g/mol. The Kier molecular flexibility index (Phi) is 6.09. The fraction of sp³-hybridized carbons (Fsp3) is 0.263. The fourth-order valence-electron chi connectivity index (χ4n) is 2.07. The van der Waals surface area contributed by atoms with E-state index in [1.807, 2.05) is 38.1 Å². The highest BCUT2D eigenvalue weighted by atomic mass is 16.3. The van der Waals surface area contributed by atoms with Gasteiger partial charge in [0, 0.05) is 23.7 Å². The maximum Gasteiger partial charge on any atom is 0.251 e. The molecule has 0 saturated heterocycles. The van der Waals surface area contributed by atoms with Gasteiger partial charge in [-0.05, 0) is 29.3 Å². The zero-order chi connectivity index (χ0) is 17.5. The van der Waals surface area contributed by atoms with E-state index >= 15 is 0 Å². The highest BCUT2D eigenvalue weighted by molar-refractivity contribution is 5.97. The first-order valence-corrected chi connectivity index (χ1v) is 7.87. The third kappa shape index (κ3) is 4.93. The predicted octanol–water partition coefficient (Wildman–Crippen LogP) is 2.70. The van der Waals surface area contributed by atoms with E-state index in [4.69, 9.17) is 5.11 Å². The first kappa shape index (κ1) is 17.7. The Labute approximate surface area is 141 Å². The summed E-state index contributed by atoms with van der Waals surface area (Å²) in [6.07, 6.45) is 0. The molecule has 0 saturated carbocycles. The van der Waals surface area contributed by atoms with Crippen LogP contribution in [0.3, 0.4) is 0 Å². The largest absolute Gasteiger partial charge is 0.392 e. The van der Waals surface area contributed by atoms with Crippen LogP contribution in [-0.2, 0) is 17.9 Å². The van der Waals surface area contributed by atoms with Crippen LogP contribution in [0.1, 0.15) is 35.3 Å². The monoisotopic (exact) mass is 326 g/mol. The van der Waals surface area contributed by atoms with Crippen molar-refractivity contribution in [3.63, 3.8) is 0 Å². The molecule has 0 spiro atoms. The number of rotatable bonds is 6. The number of nitrogens with one attached hydrogen (secondary N) is 2. The Bertz CT molecular complexity index is 709. The number of hydrogen-bond acceptors (Lipinski definition) is 3. The van der Waals surface area contributed by atoms with Crippen molar-refractivity contribution in [3.8, 4) is 0 Å². The van der Waals surface area contributed by atoms with E-state index in [9.17, 15) is 9.59 Å². The van der Waals surface area contributed by atoms with Crippen molar-refractivity contribution in [1.29, 1.82) is 0 Å². The molecule has 2 amide bonds. The summed E-state index contributed by atoms with van der Waals surface area (Å²) < 4.78 is 0. The molecule has 0 unspecified atom stereocenters. The van der Waals surface area contributed by atoms with Gasteiger partial charge in [-0.3, -0.25) is 9.59 Å². The molecule has 0 aliphatic carbocycles. The number of aliphatic hydroxyl groups is 1. The van der Waals surface area contributed by atoms with Crippen LogP contribution >= 0.6 is 0 Å². The Hall–Kier alpha value is -2.66. The Balaban J connectivity index is 1.97. The molecule has 0 radical (unpaired) electrons. The van der Waals surface area contributed by atoms with Crippen LogP contribution in [0.2, 0.25) is 0 Å². The maximum atomic E-state index is 12.2. The molecule has 2 aromatic carbocycles. The van der Waals surface area contributed by atoms with Crippen molar-refractivity contribution in [2.24, 2.45) is 5.92 Å². The van der Waals surface area contributed by atoms with Gasteiger partial charge < -0.3 is 15.7 Å². The molecule has 0 fully saturated rings. The predicted molar refractivity (Wildman–Crippen MR) is 93.4 cm³/mol. The van der Waals surface area contributed by atoms with Crippen molar-refractivity contribution >= 4 is 17.5 Å². The number of aliphatic hydroxyl groups excluding tert-OH is 1. The Morgan fingerprint density at radius 2 is 1.71 bits per heavy atom. The number of amides is 2. The van der Waals surface area contributed by atoms with Crippen molar-refractivity contribution in [2.75, 3.05) is 5.32 Å². The topological polar surface area (TPSA) is 78.4 Å². The van der Waals surface area contributed by atoms with Crippen LogP contribution in [-0.4, -0.2) is 16.9 Å². The van der Waals surface area contributed by atoms with Crippen LogP contribution in [0.15, 0.2) is 48.5 Å². The number of anilines is 1. The van der Waals surface area contributed by atoms with Crippen LogP contribution in [0.5, 0.6) is 0 Å². The number of carbonyl (C=O) groups excluding carboxylic acids is 2. The van der Waals surface area contributed by atoms with Gasteiger partial charge >= 0.3 is 0 Å². The normalized spacial score (nSPS) is 10.5. The molecular formula is C19H22N2O3. The first-order chi connectivity index (χ1) is 11.5. The molecule has 0 atom stereocenters. The van der Waals surface area contributed by atoms with Gasteiger partial charge in [0.15, 0.2) is 0 Å².